The number of aromatic nitrogens is 1. The van der Waals surface area contributed by atoms with Gasteiger partial charge in [0.2, 0.25) is 5.91 Å². The average Bonchev–Trinajstić information content (AvgIpc) is 3.08. The van der Waals surface area contributed by atoms with E-state index in [2.05, 4.69) is 20.1 Å². The van der Waals surface area contributed by atoms with Crippen molar-refractivity contribution < 1.29 is 19.1 Å². The predicted molar refractivity (Wildman–Crippen MR) is 117 cm³/mol. The largest absolute Gasteiger partial charge is 0.462 e. The van der Waals surface area contributed by atoms with Crippen molar-refractivity contribution in [1.82, 2.24) is 9.88 Å². The third kappa shape index (κ3) is 5.43. The van der Waals surface area contributed by atoms with E-state index in [4.69, 9.17) is 4.74 Å². The van der Waals surface area contributed by atoms with Crippen LogP contribution in [0.1, 0.15) is 39.6 Å². The highest BCUT2D eigenvalue weighted by atomic mass is 32.1. The molecule has 1 aliphatic rings. The van der Waals surface area contributed by atoms with E-state index in [0.29, 0.717) is 27.9 Å². The minimum absolute atomic E-state index is 0.0576. The molecule has 0 aliphatic carbocycles. The second kappa shape index (κ2) is 9.82. The van der Waals surface area contributed by atoms with Crippen LogP contribution in [-0.2, 0) is 9.53 Å². The lowest BCUT2D eigenvalue weighted by atomic mass is 10.1. The summed E-state index contributed by atoms with van der Waals surface area (Å²) in [5.41, 5.74) is 2.34. The summed E-state index contributed by atoms with van der Waals surface area (Å²) in [5.74, 6) is -0.513. The van der Waals surface area contributed by atoms with Crippen molar-refractivity contribution in [2.75, 3.05) is 49.5 Å². The molecule has 0 radical (unpaired) electrons. The molecule has 1 N–H and O–H groups in total. The molecule has 2 aromatic rings. The minimum atomic E-state index is -0.416. The number of aryl methyl sites for hydroxylation is 1. The van der Waals surface area contributed by atoms with Crippen LogP contribution in [0, 0.1) is 6.92 Å². The maximum absolute atomic E-state index is 12.4. The van der Waals surface area contributed by atoms with Crippen molar-refractivity contribution in [2.24, 2.45) is 0 Å². The van der Waals surface area contributed by atoms with Gasteiger partial charge in [0.25, 0.3) is 0 Å². The van der Waals surface area contributed by atoms with Crippen LogP contribution in [0.15, 0.2) is 24.3 Å². The molecule has 2 heterocycles. The standard InChI is InChI=1S/C21H26N4O4S/c1-4-29-20(28)19-14(2)22-21(30-19)23-18(27)13-24-9-11-25(12-10-24)17-7-5-16(6-8-17)15(3)26/h5-8H,4,9-13H2,1-3H3,(H,22,23,27). The molecule has 0 unspecified atom stereocenters. The third-order valence-electron chi connectivity index (χ3n) is 4.88. The highest BCUT2D eigenvalue weighted by Crippen LogP contribution is 2.23. The number of hydrogen-bond acceptors (Lipinski definition) is 8. The molecule has 9 heteroatoms. The molecule has 1 fully saturated rings. The van der Waals surface area contributed by atoms with Gasteiger partial charge in [0.1, 0.15) is 4.88 Å². The van der Waals surface area contributed by atoms with Gasteiger partial charge >= 0.3 is 5.97 Å². The number of amides is 1. The number of Topliss-reactive ketones (excluding diaryl/α,β-unsaturated/α-hetero) is 1. The Kier molecular flexibility index (Phi) is 7.17. The van der Waals surface area contributed by atoms with Crippen molar-refractivity contribution >= 4 is 39.8 Å². The lowest BCUT2D eigenvalue weighted by molar-refractivity contribution is -0.117. The summed E-state index contributed by atoms with van der Waals surface area (Å²) >= 11 is 1.13. The number of thiazole rings is 1. The van der Waals surface area contributed by atoms with Crippen LogP contribution in [0.2, 0.25) is 0 Å². The zero-order valence-corrected chi connectivity index (χ0v) is 18.3. The Morgan fingerprint density at radius 2 is 1.80 bits per heavy atom. The summed E-state index contributed by atoms with van der Waals surface area (Å²) in [6.07, 6.45) is 0. The summed E-state index contributed by atoms with van der Waals surface area (Å²) in [5, 5.41) is 3.19. The molecular formula is C21H26N4O4S. The first kappa shape index (κ1) is 21.9. The lowest BCUT2D eigenvalue weighted by Crippen LogP contribution is -2.48. The molecule has 8 nitrogen and oxygen atoms in total. The van der Waals surface area contributed by atoms with Crippen molar-refractivity contribution in [1.29, 1.82) is 0 Å². The zero-order valence-electron chi connectivity index (χ0n) is 17.4. The fourth-order valence-corrected chi connectivity index (χ4v) is 4.15. The van der Waals surface area contributed by atoms with Gasteiger partial charge in [-0.15, -0.1) is 0 Å². The van der Waals surface area contributed by atoms with Gasteiger partial charge in [0.15, 0.2) is 10.9 Å². The Morgan fingerprint density at radius 3 is 2.40 bits per heavy atom. The van der Waals surface area contributed by atoms with Crippen molar-refractivity contribution in [3.8, 4) is 0 Å². The topological polar surface area (TPSA) is 91.8 Å². The van der Waals surface area contributed by atoms with E-state index in [1.165, 1.54) is 0 Å². The molecule has 3 rings (SSSR count). The fraction of sp³-hybridized carbons (Fsp3) is 0.429. The van der Waals surface area contributed by atoms with Gasteiger partial charge in [-0.25, -0.2) is 9.78 Å². The Labute approximate surface area is 179 Å². The van der Waals surface area contributed by atoms with Crippen LogP contribution in [0.25, 0.3) is 0 Å². The van der Waals surface area contributed by atoms with E-state index < -0.39 is 5.97 Å². The van der Waals surface area contributed by atoms with Crippen LogP contribution >= 0.6 is 11.3 Å². The van der Waals surface area contributed by atoms with E-state index in [9.17, 15) is 14.4 Å². The fourth-order valence-electron chi connectivity index (χ4n) is 3.27. The summed E-state index contributed by atoms with van der Waals surface area (Å²) in [4.78, 5) is 44.7. The number of rotatable bonds is 7. The number of piperazine rings is 1. The molecule has 1 aromatic carbocycles. The number of anilines is 2. The number of nitrogens with one attached hydrogen (secondary N) is 1. The van der Waals surface area contributed by atoms with Crippen LogP contribution in [0.5, 0.6) is 0 Å². The normalized spacial score (nSPS) is 14.4. The second-order valence-corrected chi connectivity index (χ2v) is 8.07. The molecule has 0 atom stereocenters. The van der Waals surface area contributed by atoms with E-state index in [0.717, 1.165) is 43.2 Å². The molecule has 30 heavy (non-hydrogen) atoms. The van der Waals surface area contributed by atoms with Crippen LogP contribution in [0.4, 0.5) is 10.8 Å². The molecule has 0 bridgehead atoms. The molecular weight excluding hydrogens is 404 g/mol. The van der Waals surface area contributed by atoms with Gasteiger partial charge in [0, 0.05) is 37.4 Å². The second-order valence-electron chi connectivity index (χ2n) is 7.07. The molecule has 1 aromatic heterocycles. The summed E-state index contributed by atoms with van der Waals surface area (Å²) < 4.78 is 5.00. The number of benzene rings is 1. The van der Waals surface area contributed by atoms with Crippen LogP contribution < -0.4 is 10.2 Å². The quantitative estimate of drug-likeness (QED) is 0.533. The first-order chi connectivity index (χ1) is 14.4. The lowest BCUT2D eigenvalue weighted by Gasteiger charge is -2.35. The van der Waals surface area contributed by atoms with Crippen LogP contribution in [0.3, 0.4) is 0 Å². The number of esters is 1. The molecule has 0 saturated carbocycles. The van der Waals surface area contributed by atoms with Gasteiger partial charge in [-0.2, -0.15) is 0 Å². The Hall–Kier alpha value is -2.78. The summed E-state index contributed by atoms with van der Waals surface area (Å²) in [7, 11) is 0. The Morgan fingerprint density at radius 1 is 1.13 bits per heavy atom. The average molecular weight is 431 g/mol. The van der Waals surface area contributed by atoms with Gasteiger partial charge < -0.3 is 15.0 Å². The van der Waals surface area contributed by atoms with E-state index in [1.54, 1.807) is 20.8 Å². The minimum Gasteiger partial charge on any atom is -0.462 e. The molecule has 1 amide bonds. The SMILES string of the molecule is CCOC(=O)c1sc(NC(=O)CN2CCN(c3ccc(C(C)=O)cc3)CC2)nc1C. The first-order valence-electron chi connectivity index (χ1n) is 9.90. The van der Waals surface area contributed by atoms with Gasteiger partial charge in [0.05, 0.1) is 18.8 Å². The molecule has 0 spiro atoms. The maximum Gasteiger partial charge on any atom is 0.350 e. The summed E-state index contributed by atoms with van der Waals surface area (Å²) in [6, 6.07) is 7.62. The summed E-state index contributed by atoms with van der Waals surface area (Å²) in [6.45, 7) is 8.71. The van der Waals surface area contributed by atoms with Gasteiger partial charge in [-0.05, 0) is 45.0 Å². The Bertz CT molecular complexity index is 918. The van der Waals surface area contributed by atoms with Crippen molar-refractivity contribution in [2.45, 2.75) is 20.8 Å². The molecule has 1 aliphatic heterocycles. The van der Waals surface area contributed by atoms with E-state index in [-0.39, 0.29) is 18.2 Å². The van der Waals surface area contributed by atoms with Crippen LogP contribution in [-0.4, -0.2) is 66.9 Å². The number of nitrogens with zero attached hydrogens (tertiary/aromatic N) is 3. The molecule has 160 valence electrons. The maximum atomic E-state index is 12.4. The highest BCUT2D eigenvalue weighted by molar-refractivity contribution is 7.17. The number of carbonyl (C=O) groups excluding carboxylic acids is 3. The van der Waals surface area contributed by atoms with Crippen molar-refractivity contribution in [3.63, 3.8) is 0 Å². The number of hydrogen-bond donors (Lipinski definition) is 1. The highest BCUT2D eigenvalue weighted by Gasteiger charge is 2.21. The first-order valence-corrected chi connectivity index (χ1v) is 10.7. The molecule has 1 saturated heterocycles. The van der Waals surface area contributed by atoms with E-state index >= 15 is 0 Å². The van der Waals surface area contributed by atoms with Crippen molar-refractivity contribution in [3.05, 3.63) is 40.4 Å². The zero-order chi connectivity index (χ0) is 21.7. The number of carbonyl (C=O) groups is 3. The van der Waals surface area contributed by atoms with E-state index in [1.807, 2.05) is 24.3 Å². The Balaban J connectivity index is 1.49. The predicted octanol–water partition coefficient (Wildman–Crippen LogP) is 2.59. The van der Waals surface area contributed by atoms with Gasteiger partial charge in [-0.1, -0.05) is 11.3 Å². The van der Waals surface area contributed by atoms with Gasteiger partial charge in [-0.3, -0.25) is 14.5 Å². The number of ketones is 1. The third-order valence-corrected chi connectivity index (χ3v) is 5.94. The number of ether oxygens (including phenoxy) is 1. The monoisotopic (exact) mass is 430 g/mol. The smallest absolute Gasteiger partial charge is 0.350 e.